The molecular formula is C90H125N17O29S. The molecule has 4 aromatic carbocycles. The lowest BCUT2D eigenvalue weighted by molar-refractivity contribution is -0.142. The molecule has 0 fully saturated rings. The fourth-order valence-corrected chi connectivity index (χ4v) is 14.6. The number of hydrogen-bond donors (Lipinski definition) is 25. The van der Waals surface area contributed by atoms with Gasteiger partial charge in [-0.3, -0.25) is 101 Å². The molecular weight excluding hydrogens is 1820 g/mol. The van der Waals surface area contributed by atoms with Crippen LogP contribution in [0.4, 0.5) is 0 Å². The van der Waals surface area contributed by atoms with Gasteiger partial charge in [-0.15, -0.1) is 11.8 Å². The number of fused-ring (bicyclic) bond motifs is 1. The zero-order valence-electron chi connectivity index (χ0n) is 76.8. The number of phenols is 2. The minimum absolute atomic E-state index is 0.0171. The Morgan fingerprint density at radius 3 is 1.26 bits per heavy atom. The molecule has 137 heavy (non-hydrogen) atoms. The summed E-state index contributed by atoms with van der Waals surface area (Å²) >= 11 is 0.817. The van der Waals surface area contributed by atoms with Crippen molar-refractivity contribution < 1.29 is 142 Å². The maximum Gasteiger partial charge on any atom is 0.305 e. The number of aliphatic carboxylic acids is 3. The summed E-state index contributed by atoms with van der Waals surface area (Å²) in [6.45, 7) is 7.32. The minimum Gasteiger partial charge on any atom is -0.508 e. The van der Waals surface area contributed by atoms with Crippen LogP contribution >= 0.6 is 11.8 Å². The predicted molar refractivity (Wildman–Crippen MR) is 490 cm³/mol. The highest BCUT2D eigenvalue weighted by Gasteiger charge is 2.41. The first-order chi connectivity index (χ1) is 64.9. The average Bonchev–Trinajstić information content (AvgIpc) is 1.64. The number of rotatable bonds is 61. The van der Waals surface area contributed by atoms with Crippen LogP contribution in [0.1, 0.15) is 157 Å². The molecule has 0 aromatic heterocycles. The van der Waals surface area contributed by atoms with E-state index in [9.17, 15) is 142 Å². The maximum atomic E-state index is 14.7. The van der Waals surface area contributed by atoms with E-state index in [0.717, 1.165) is 43.4 Å². The number of carbonyl (C=O) groups is 20. The summed E-state index contributed by atoms with van der Waals surface area (Å²) in [7, 11) is 0. The van der Waals surface area contributed by atoms with Gasteiger partial charge in [-0.2, -0.15) is 0 Å². The molecule has 26 N–H and O–H groups in total. The van der Waals surface area contributed by atoms with E-state index in [1.807, 2.05) is 0 Å². The van der Waals surface area contributed by atoms with Gasteiger partial charge in [-0.05, 0) is 124 Å². The number of carbonyl (C=O) groups excluding carboxylic acids is 17. The van der Waals surface area contributed by atoms with Gasteiger partial charge in [0.1, 0.15) is 84.0 Å². The van der Waals surface area contributed by atoms with Crippen molar-refractivity contribution in [1.29, 1.82) is 0 Å². The highest BCUT2D eigenvalue weighted by molar-refractivity contribution is 8.00. The number of aromatic hydroxyl groups is 2. The molecule has 750 valence electrons. The Morgan fingerprint density at radius 2 is 0.788 bits per heavy atom. The quantitative estimate of drug-likeness (QED) is 0.0146. The summed E-state index contributed by atoms with van der Waals surface area (Å²) in [5.74, 6) is -24.6. The van der Waals surface area contributed by atoms with E-state index in [4.69, 9.17) is 5.73 Å². The molecule has 0 aliphatic carbocycles. The number of aliphatic hydroxyl groups excluding tert-OH is 4. The van der Waals surface area contributed by atoms with Gasteiger partial charge < -0.3 is 131 Å². The molecule has 47 heteroatoms. The Hall–Kier alpha value is -13.8. The van der Waals surface area contributed by atoms with Crippen molar-refractivity contribution in [3.05, 3.63) is 131 Å². The first-order valence-electron chi connectivity index (χ1n) is 44.4. The third kappa shape index (κ3) is 39.2. The molecule has 0 bridgehead atoms. The smallest absolute Gasteiger partial charge is 0.305 e. The summed E-state index contributed by atoms with van der Waals surface area (Å²) < 4.78 is 0. The van der Waals surface area contributed by atoms with Gasteiger partial charge in [-0.1, -0.05) is 114 Å². The van der Waals surface area contributed by atoms with Crippen LogP contribution in [0.2, 0.25) is 0 Å². The molecule has 1 aliphatic heterocycles. The molecule has 46 nitrogen and oxygen atoms in total. The van der Waals surface area contributed by atoms with Crippen LogP contribution < -0.4 is 85.5 Å². The van der Waals surface area contributed by atoms with Crippen molar-refractivity contribution in [3.8, 4) is 11.5 Å². The van der Waals surface area contributed by atoms with E-state index in [1.165, 1.54) is 79.7 Å². The van der Waals surface area contributed by atoms with Crippen LogP contribution in [0.5, 0.6) is 11.5 Å². The third-order valence-electron chi connectivity index (χ3n) is 21.5. The van der Waals surface area contributed by atoms with Gasteiger partial charge in [0.05, 0.1) is 67.4 Å². The topological polar surface area (TPSA) is 733 Å². The van der Waals surface area contributed by atoms with Crippen molar-refractivity contribution in [2.24, 2.45) is 17.6 Å². The molecule has 0 saturated heterocycles. The number of phenolic OH excluding ortho intramolecular Hbond substituents is 2. The number of amides is 17. The Labute approximate surface area is 793 Å². The normalized spacial score (nSPS) is 15.1. The highest BCUT2D eigenvalue weighted by atomic mass is 32.2. The SMILES string of the molecule is CC[C@H](C)[C@H](NC(=O)[C@H](CO)NC(=O)[C@H](Cc1ccc(O)cc1)NC(=O)[C@H](CC(=O)O)NC(=O)[C@H](CO)NC(=O)[C@@H](NC(=O)[C@H](Cc1ccccc1)NC(=O)[C@@H](NC(=O)CNC(=O)[C@H](CCC(=O)O)NC(=O)CSCC(=O)NCCCN1C(=O)c2ccccc2C1=O)[C@@H](C)O)[C@@H](C)O)C(=O)N[C@@H](Cc1ccc(O)cc1)C(=O)N[C@@H](CC(C)C)C(=O)N[C@@H](CC(=O)O)C(=O)N[C@H](C)CCCCCN. The lowest BCUT2D eigenvalue weighted by Crippen LogP contribution is -2.63. The first kappa shape index (κ1) is 114. The van der Waals surface area contributed by atoms with E-state index < -0.39 is 279 Å². The summed E-state index contributed by atoms with van der Waals surface area (Å²) in [5, 5.41) is 128. The van der Waals surface area contributed by atoms with Crippen LogP contribution in [-0.4, -0.2) is 311 Å². The lowest BCUT2D eigenvalue weighted by Gasteiger charge is -2.30. The molecule has 0 spiro atoms. The monoisotopic (exact) mass is 1940 g/mol. The van der Waals surface area contributed by atoms with Gasteiger partial charge >= 0.3 is 17.9 Å². The summed E-state index contributed by atoms with van der Waals surface area (Å²) in [6, 6.07) is 1.92. The molecule has 16 atom stereocenters. The van der Waals surface area contributed by atoms with E-state index in [2.05, 4.69) is 79.8 Å². The van der Waals surface area contributed by atoms with Gasteiger partial charge in [-0.25, -0.2) is 0 Å². The fourth-order valence-electron chi connectivity index (χ4n) is 13.9. The number of imide groups is 1. The second-order valence-electron chi connectivity index (χ2n) is 33.3. The van der Waals surface area contributed by atoms with Crippen molar-refractivity contribution in [1.82, 2.24) is 84.7 Å². The minimum atomic E-state index is -2.23. The van der Waals surface area contributed by atoms with Crippen LogP contribution in [0.25, 0.3) is 0 Å². The third-order valence-corrected chi connectivity index (χ3v) is 22.5. The number of hydrogen-bond acceptors (Lipinski definition) is 28. The molecule has 0 radical (unpaired) electrons. The Balaban J connectivity index is 1.27. The first-order valence-corrected chi connectivity index (χ1v) is 45.6. The summed E-state index contributed by atoms with van der Waals surface area (Å²) in [4.78, 5) is 272. The molecule has 4 aromatic rings. The predicted octanol–water partition coefficient (Wildman–Crippen LogP) is -4.73. The molecule has 1 aliphatic rings. The Kier molecular flexibility index (Phi) is 48.0. The second-order valence-corrected chi connectivity index (χ2v) is 34.3. The van der Waals surface area contributed by atoms with Crippen LogP contribution in [0, 0.1) is 11.8 Å². The number of thioether (sulfide) groups is 1. The number of nitrogens with one attached hydrogen (secondary N) is 15. The Bertz CT molecular complexity index is 4810. The van der Waals surface area contributed by atoms with Crippen molar-refractivity contribution in [2.75, 3.05) is 50.9 Å². The van der Waals surface area contributed by atoms with Gasteiger partial charge in [0.15, 0.2) is 0 Å². The van der Waals surface area contributed by atoms with Crippen LogP contribution in [0.15, 0.2) is 103 Å². The van der Waals surface area contributed by atoms with Crippen LogP contribution in [-0.2, 0) is 106 Å². The van der Waals surface area contributed by atoms with Crippen molar-refractivity contribution in [3.63, 3.8) is 0 Å². The standard InChI is InChI=1S/C90H125N17O29S/c1-8-48(4)74(86(132)100-62(39-54-25-29-56(113)30-26-54)80(126)96-60(36-47(2)3)79(125)98-64(40-72(119)120)78(124)94-49(5)18-11-10-16-33-91)105-85(131)67(44-109)102-81(127)61(38-53-23-27-55(112)28-24-53)97-82(128)65(41-73(121)122)99-84(130)66(43-108)103-88(134)76(51(7)111)106-83(129)63(37-52-19-12-9-13-20-52)101-87(133)75(50(6)110)104-68(114)42-93-77(123)59(31-32-71(117)118)95-70(116)46-137-45-69(115)92-34-17-35-107-89(135)57-21-14-15-22-58(57)90(107)136/h9,12-15,19-30,47-51,59-67,74-76,108-113H,8,10-11,16-18,31-46,91H2,1-7H3,(H,92,115)(H,93,123)(H,94,124)(H,95,116)(H,96,126)(H,97,128)(H,98,125)(H,99,130)(H,100,132)(H,101,133)(H,102,127)(H,103,134)(H,104,114)(H,105,131)(H,106,129)(H,117,118)(H,119,120)(H,121,122)/t48-,49+,50+,51+,59-,60-,61-,62-,63-,64-,65-,66-,67-,74-,75-,76-/m0/s1. The molecule has 0 unspecified atom stereocenters. The molecule has 0 saturated carbocycles. The lowest BCUT2D eigenvalue weighted by atomic mass is 9.96. The zero-order chi connectivity index (χ0) is 102. The van der Waals surface area contributed by atoms with E-state index in [-0.39, 0.29) is 78.6 Å². The van der Waals surface area contributed by atoms with Gasteiger partial charge in [0.25, 0.3) is 11.8 Å². The zero-order valence-corrected chi connectivity index (χ0v) is 77.6. The Morgan fingerprint density at radius 1 is 0.387 bits per heavy atom. The number of nitrogens with two attached hydrogens (primary N) is 1. The van der Waals surface area contributed by atoms with Crippen molar-refractivity contribution in [2.45, 2.75) is 229 Å². The average molecular weight is 1940 g/mol. The number of carboxylic acids is 3. The van der Waals surface area contributed by atoms with E-state index in [0.29, 0.717) is 30.5 Å². The summed E-state index contributed by atoms with van der Waals surface area (Å²) in [6.07, 6.45) is -5.30. The number of carboxylic acid groups (broad SMARTS) is 3. The second kappa shape index (κ2) is 57.8. The van der Waals surface area contributed by atoms with Gasteiger partial charge in [0, 0.05) is 44.8 Å². The number of unbranched alkanes of at least 4 members (excludes halogenated alkanes) is 2. The highest BCUT2D eigenvalue weighted by Crippen LogP contribution is 2.24. The number of nitrogens with zero attached hydrogens (tertiary/aromatic N) is 1. The van der Waals surface area contributed by atoms with Gasteiger partial charge in [0.2, 0.25) is 88.6 Å². The number of aliphatic hydroxyl groups is 4. The van der Waals surface area contributed by atoms with Crippen LogP contribution in [0.3, 0.4) is 0 Å². The van der Waals surface area contributed by atoms with E-state index in [1.54, 1.807) is 58.0 Å². The fraction of sp³-hybridized carbons (Fsp3) is 0.511. The number of benzene rings is 4. The molecule has 5 rings (SSSR count). The molecule has 1 heterocycles. The largest absolute Gasteiger partial charge is 0.508 e. The molecule has 17 amide bonds. The summed E-state index contributed by atoms with van der Waals surface area (Å²) in [5.41, 5.74) is 7.01. The van der Waals surface area contributed by atoms with Crippen molar-refractivity contribution >= 4 is 130 Å². The van der Waals surface area contributed by atoms with E-state index >= 15 is 0 Å². The maximum absolute atomic E-state index is 14.7.